The van der Waals surface area contributed by atoms with Gasteiger partial charge >= 0.3 is 12.3 Å². The van der Waals surface area contributed by atoms with E-state index < -0.39 is 30.6 Å². The summed E-state index contributed by atoms with van der Waals surface area (Å²) in [7, 11) is 1.72. The monoisotopic (exact) mass is 430 g/mol. The number of piperidine rings is 1. The lowest BCUT2D eigenvalue weighted by Crippen LogP contribution is -2.49. The Labute approximate surface area is 172 Å². The second kappa shape index (κ2) is 8.81. The molecule has 10 heteroatoms. The molecule has 1 N–H and O–H groups in total. The first-order valence-electron chi connectivity index (χ1n) is 9.74. The molecular formula is C20H25F3N2O5. The number of ether oxygens (including phenoxy) is 2. The average molecular weight is 430 g/mol. The smallest absolute Gasteiger partial charge is 0.427 e. The van der Waals surface area contributed by atoms with Gasteiger partial charge in [-0.25, -0.2) is 4.79 Å². The summed E-state index contributed by atoms with van der Waals surface area (Å²) < 4.78 is 48.5. The predicted molar refractivity (Wildman–Crippen MR) is 99.8 cm³/mol. The Hall–Kier alpha value is -2.33. The summed E-state index contributed by atoms with van der Waals surface area (Å²) in [5.41, 5.74) is 0.0641. The summed E-state index contributed by atoms with van der Waals surface area (Å²) in [4.78, 5) is 27.5. The number of amides is 2. The summed E-state index contributed by atoms with van der Waals surface area (Å²) in [5, 5.41) is 8.82. The van der Waals surface area contributed by atoms with E-state index in [1.165, 1.54) is 4.90 Å². The number of aliphatic hydroxyl groups excluding tert-OH is 1. The lowest BCUT2D eigenvalue weighted by Gasteiger charge is -2.38. The Bertz CT molecular complexity index is 751. The maximum Gasteiger partial charge on any atom is 0.427 e. The maximum absolute atomic E-state index is 12.7. The van der Waals surface area contributed by atoms with Gasteiger partial charge in [-0.1, -0.05) is 18.2 Å². The number of hydrogen-bond acceptors (Lipinski definition) is 5. The van der Waals surface area contributed by atoms with Crippen LogP contribution in [0.3, 0.4) is 0 Å². The van der Waals surface area contributed by atoms with Crippen LogP contribution < -0.4 is 0 Å². The van der Waals surface area contributed by atoms with Gasteiger partial charge in [0.2, 0.25) is 6.10 Å². The molecule has 1 aromatic carbocycles. The first-order valence-corrected chi connectivity index (χ1v) is 9.74. The third-order valence-corrected chi connectivity index (χ3v) is 5.79. The molecule has 0 aliphatic carbocycles. The van der Waals surface area contributed by atoms with Gasteiger partial charge in [-0.05, 0) is 31.4 Å². The first-order chi connectivity index (χ1) is 14.1. The molecule has 0 radical (unpaired) electrons. The zero-order valence-electron chi connectivity index (χ0n) is 16.6. The highest BCUT2D eigenvalue weighted by Crippen LogP contribution is 2.38. The van der Waals surface area contributed by atoms with Gasteiger partial charge in [0.15, 0.2) is 0 Å². The predicted octanol–water partition coefficient (Wildman–Crippen LogP) is 2.44. The molecule has 7 nitrogen and oxygen atoms in total. The van der Waals surface area contributed by atoms with Crippen molar-refractivity contribution in [3.8, 4) is 0 Å². The minimum atomic E-state index is -4.82. The number of nitrogens with zero attached hydrogens (tertiary/aromatic N) is 2. The summed E-state index contributed by atoms with van der Waals surface area (Å²) in [6.45, 7) is -0.602. The lowest BCUT2D eigenvalue weighted by atomic mass is 9.87. The molecule has 2 unspecified atom stereocenters. The van der Waals surface area contributed by atoms with Gasteiger partial charge in [-0.15, -0.1) is 0 Å². The number of aliphatic hydroxyl groups is 1. The number of rotatable bonds is 4. The molecular weight excluding hydrogens is 405 g/mol. The molecule has 2 aliphatic heterocycles. The highest BCUT2D eigenvalue weighted by Gasteiger charge is 2.47. The highest BCUT2D eigenvalue weighted by atomic mass is 19.4. The normalized spacial score (nSPS) is 22.0. The molecule has 30 heavy (non-hydrogen) atoms. The molecule has 2 saturated heterocycles. The van der Waals surface area contributed by atoms with E-state index in [0.29, 0.717) is 31.4 Å². The summed E-state index contributed by atoms with van der Waals surface area (Å²) in [6, 6.07) is 8.79. The van der Waals surface area contributed by atoms with Gasteiger partial charge in [0.05, 0.1) is 24.9 Å². The minimum Gasteiger partial charge on any atom is -0.434 e. The quantitative estimate of drug-likeness (QED) is 0.794. The van der Waals surface area contributed by atoms with E-state index in [0.717, 1.165) is 0 Å². The molecule has 1 spiro atoms. The van der Waals surface area contributed by atoms with Crippen LogP contribution in [0.25, 0.3) is 0 Å². The molecule has 0 saturated carbocycles. The highest BCUT2D eigenvalue weighted by molar-refractivity contribution is 5.94. The van der Waals surface area contributed by atoms with Crippen LogP contribution >= 0.6 is 0 Å². The Balaban J connectivity index is 1.53. The van der Waals surface area contributed by atoms with E-state index in [9.17, 15) is 22.8 Å². The van der Waals surface area contributed by atoms with Crippen LogP contribution in [0, 0.1) is 0 Å². The van der Waals surface area contributed by atoms with E-state index in [-0.39, 0.29) is 25.0 Å². The molecule has 0 aromatic heterocycles. The zero-order valence-corrected chi connectivity index (χ0v) is 16.6. The van der Waals surface area contributed by atoms with Crippen molar-refractivity contribution in [2.75, 3.05) is 33.4 Å². The molecule has 0 bridgehead atoms. The second-order valence-electron chi connectivity index (χ2n) is 7.72. The van der Waals surface area contributed by atoms with Crippen LogP contribution in [0.5, 0.6) is 0 Å². The fourth-order valence-corrected chi connectivity index (χ4v) is 3.87. The van der Waals surface area contributed by atoms with E-state index in [4.69, 9.17) is 9.84 Å². The van der Waals surface area contributed by atoms with Crippen molar-refractivity contribution in [1.29, 1.82) is 0 Å². The van der Waals surface area contributed by atoms with Crippen molar-refractivity contribution in [2.45, 2.75) is 43.2 Å². The fourth-order valence-electron chi connectivity index (χ4n) is 3.87. The standard InChI is InChI=1S/C20H25F3N2O5/c1-24(17(27)14-5-3-2-4-6-14)15-11-19(29-13-15)7-9-25(10-8-19)18(28)30-16(12-26)20(21,22)23/h2-6,15-16,26H,7-13H2,1H3. The van der Waals surface area contributed by atoms with Crippen molar-refractivity contribution >= 4 is 12.0 Å². The largest absolute Gasteiger partial charge is 0.434 e. The number of halogens is 3. The van der Waals surface area contributed by atoms with Gasteiger partial charge in [0.1, 0.15) is 0 Å². The number of benzene rings is 1. The van der Waals surface area contributed by atoms with Crippen molar-refractivity contribution < 1.29 is 37.3 Å². The number of likely N-dealkylation sites (tertiary alicyclic amines) is 1. The Morgan fingerprint density at radius 1 is 1.30 bits per heavy atom. The number of likely N-dealkylation sites (N-methyl/N-ethyl adjacent to an activating group) is 1. The Morgan fingerprint density at radius 3 is 2.50 bits per heavy atom. The zero-order chi connectivity index (χ0) is 21.9. The van der Waals surface area contributed by atoms with Crippen molar-refractivity contribution in [3.63, 3.8) is 0 Å². The van der Waals surface area contributed by atoms with Crippen LogP contribution in [0.1, 0.15) is 29.6 Å². The van der Waals surface area contributed by atoms with Crippen molar-refractivity contribution in [1.82, 2.24) is 9.80 Å². The number of alkyl halides is 3. The fraction of sp³-hybridized carbons (Fsp3) is 0.600. The average Bonchev–Trinajstić information content (AvgIpc) is 3.14. The van der Waals surface area contributed by atoms with Crippen LogP contribution in [-0.2, 0) is 9.47 Å². The molecule has 2 heterocycles. The summed E-state index contributed by atoms with van der Waals surface area (Å²) >= 11 is 0. The molecule has 3 rings (SSSR count). The molecule has 2 aliphatic rings. The number of carbonyl (C=O) groups excluding carboxylic acids is 2. The third-order valence-electron chi connectivity index (χ3n) is 5.79. The van der Waals surface area contributed by atoms with E-state index in [2.05, 4.69) is 4.74 Å². The topological polar surface area (TPSA) is 79.3 Å². The van der Waals surface area contributed by atoms with E-state index in [1.54, 1.807) is 36.2 Å². The van der Waals surface area contributed by atoms with Crippen LogP contribution in [0.4, 0.5) is 18.0 Å². The lowest BCUT2D eigenvalue weighted by molar-refractivity contribution is -0.215. The van der Waals surface area contributed by atoms with Gasteiger partial charge in [0, 0.05) is 25.7 Å². The van der Waals surface area contributed by atoms with Crippen molar-refractivity contribution in [2.24, 2.45) is 0 Å². The van der Waals surface area contributed by atoms with E-state index in [1.807, 2.05) is 6.07 Å². The number of hydrogen-bond donors (Lipinski definition) is 1. The molecule has 2 fully saturated rings. The van der Waals surface area contributed by atoms with Crippen LogP contribution in [0.15, 0.2) is 30.3 Å². The summed E-state index contributed by atoms with van der Waals surface area (Å²) in [5.74, 6) is -0.107. The summed E-state index contributed by atoms with van der Waals surface area (Å²) in [6.07, 6.45) is -7.01. The van der Waals surface area contributed by atoms with Gasteiger partial charge in [-0.2, -0.15) is 13.2 Å². The maximum atomic E-state index is 12.7. The van der Waals surface area contributed by atoms with Gasteiger partial charge in [-0.3, -0.25) is 4.79 Å². The van der Waals surface area contributed by atoms with Crippen LogP contribution in [-0.4, -0.2) is 84.2 Å². The SMILES string of the molecule is CN(C(=O)c1ccccc1)C1COC2(CCN(C(=O)OC(CO)C(F)(F)F)CC2)C1. The third kappa shape index (κ3) is 4.86. The molecule has 1 aromatic rings. The van der Waals surface area contributed by atoms with Crippen LogP contribution in [0.2, 0.25) is 0 Å². The number of carbonyl (C=O) groups is 2. The first kappa shape index (κ1) is 22.4. The molecule has 2 amide bonds. The van der Waals surface area contributed by atoms with Gasteiger partial charge in [0.25, 0.3) is 5.91 Å². The Kier molecular flexibility index (Phi) is 6.56. The van der Waals surface area contributed by atoms with Gasteiger partial charge < -0.3 is 24.4 Å². The minimum absolute atomic E-state index is 0.107. The molecule has 166 valence electrons. The van der Waals surface area contributed by atoms with Crippen molar-refractivity contribution in [3.05, 3.63) is 35.9 Å². The second-order valence-corrected chi connectivity index (χ2v) is 7.72. The van der Waals surface area contributed by atoms with E-state index >= 15 is 0 Å². The Morgan fingerprint density at radius 2 is 1.93 bits per heavy atom. The molecule has 2 atom stereocenters.